The smallest absolute Gasteiger partial charge is 0.0749 e. The van der Waals surface area contributed by atoms with Crippen molar-refractivity contribution in [1.29, 1.82) is 0 Å². The summed E-state index contributed by atoms with van der Waals surface area (Å²) in [7, 11) is 2.14. The number of rotatable bonds is 5. The van der Waals surface area contributed by atoms with Gasteiger partial charge in [0.1, 0.15) is 0 Å². The summed E-state index contributed by atoms with van der Waals surface area (Å²) in [4.78, 5) is 2.30. The highest BCUT2D eigenvalue weighted by Gasteiger charge is 2.18. The van der Waals surface area contributed by atoms with Crippen LogP contribution in [-0.4, -0.2) is 32.3 Å². The minimum Gasteiger partial charge on any atom is -0.376 e. The molecule has 2 atom stereocenters. The van der Waals surface area contributed by atoms with E-state index in [1.807, 2.05) is 0 Å². The fourth-order valence-corrected chi connectivity index (χ4v) is 3.12. The molecule has 0 radical (unpaired) electrons. The van der Waals surface area contributed by atoms with Crippen molar-refractivity contribution in [2.45, 2.75) is 44.8 Å². The molecule has 1 aromatic carbocycles. The summed E-state index contributed by atoms with van der Waals surface area (Å²) < 4.78 is 6.95. The van der Waals surface area contributed by atoms with E-state index in [9.17, 15) is 0 Å². The fraction of sp³-hybridized carbons (Fsp3) is 0.625. The Labute approximate surface area is 130 Å². The number of hydrogen-bond acceptors (Lipinski definition) is 3. The summed E-state index contributed by atoms with van der Waals surface area (Å²) in [6.45, 7) is 3.90. The molecule has 1 saturated heterocycles. The van der Waals surface area contributed by atoms with E-state index in [4.69, 9.17) is 10.5 Å². The second-order valence-corrected chi connectivity index (χ2v) is 6.74. The van der Waals surface area contributed by atoms with Crippen molar-refractivity contribution in [3.8, 4) is 0 Å². The van der Waals surface area contributed by atoms with Gasteiger partial charge in [-0.2, -0.15) is 0 Å². The van der Waals surface area contributed by atoms with Crippen molar-refractivity contribution in [3.63, 3.8) is 0 Å². The highest BCUT2D eigenvalue weighted by molar-refractivity contribution is 9.10. The van der Waals surface area contributed by atoms with Crippen molar-refractivity contribution < 1.29 is 4.74 Å². The van der Waals surface area contributed by atoms with Gasteiger partial charge in [0.25, 0.3) is 0 Å². The van der Waals surface area contributed by atoms with Crippen LogP contribution in [0.5, 0.6) is 0 Å². The second kappa shape index (κ2) is 7.43. The molecule has 1 heterocycles. The summed E-state index contributed by atoms with van der Waals surface area (Å²) in [6.07, 6.45) is 4.91. The number of hydrogen-bond donors (Lipinski definition) is 1. The summed E-state index contributed by atoms with van der Waals surface area (Å²) in [5.74, 6) is 0. The Morgan fingerprint density at radius 2 is 2.25 bits per heavy atom. The lowest BCUT2D eigenvalue weighted by atomic mass is 10.0. The largest absolute Gasteiger partial charge is 0.376 e. The number of halogens is 1. The van der Waals surface area contributed by atoms with E-state index < -0.39 is 0 Å². The molecule has 1 aliphatic heterocycles. The molecule has 0 aromatic heterocycles. The van der Waals surface area contributed by atoms with Crippen molar-refractivity contribution >= 4 is 21.6 Å². The van der Waals surface area contributed by atoms with Crippen LogP contribution >= 0.6 is 15.9 Å². The average molecular weight is 341 g/mol. The van der Waals surface area contributed by atoms with E-state index in [1.54, 1.807) is 0 Å². The first-order valence-corrected chi connectivity index (χ1v) is 8.22. The molecule has 0 aliphatic carbocycles. The third-order valence-electron chi connectivity index (χ3n) is 3.75. The quantitative estimate of drug-likeness (QED) is 0.893. The van der Waals surface area contributed by atoms with Crippen LogP contribution in [0.4, 0.5) is 5.69 Å². The molecule has 0 amide bonds. The maximum Gasteiger partial charge on any atom is 0.0749 e. The van der Waals surface area contributed by atoms with Crippen LogP contribution in [0.2, 0.25) is 0 Å². The predicted molar refractivity (Wildman–Crippen MR) is 88.4 cm³/mol. The van der Waals surface area contributed by atoms with Crippen molar-refractivity contribution in [2.24, 2.45) is 5.73 Å². The van der Waals surface area contributed by atoms with Crippen molar-refractivity contribution in [1.82, 2.24) is 0 Å². The molecule has 112 valence electrons. The van der Waals surface area contributed by atoms with E-state index in [-0.39, 0.29) is 6.04 Å². The van der Waals surface area contributed by atoms with Gasteiger partial charge < -0.3 is 15.4 Å². The molecule has 2 unspecified atom stereocenters. The minimum atomic E-state index is 0.175. The lowest BCUT2D eigenvalue weighted by Crippen LogP contribution is -2.34. The van der Waals surface area contributed by atoms with Gasteiger partial charge in [-0.05, 0) is 50.3 Å². The molecular weight excluding hydrogens is 316 g/mol. The summed E-state index contributed by atoms with van der Waals surface area (Å²) >= 11 is 3.57. The zero-order chi connectivity index (χ0) is 14.5. The number of benzene rings is 1. The maximum atomic E-state index is 5.96. The number of nitrogens with zero attached hydrogens (tertiary/aromatic N) is 1. The van der Waals surface area contributed by atoms with Crippen LogP contribution in [0.1, 0.15) is 31.7 Å². The van der Waals surface area contributed by atoms with Gasteiger partial charge in [0, 0.05) is 36.4 Å². The van der Waals surface area contributed by atoms with E-state index in [0.717, 1.165) is 24.0 Å². The van der Waals surface area contributed by atoms with Gasteiger partial charge >= 0.3 is 0 Å². The third-order valence-corrected chi connectivity index (χ3v) is 4.25. The zero-order valence-corrected chi connectivity index (χ0v) is 14.0. The molecule has 4 heteroatoms. The summed E-state index contributed by atoms with van der Waals surface area (Å²) in [5, 5.41) is 0. The Balaban J connectivity index is 2.10. The molecule has 20 heavy (non-hydrogen) atoms. The monoisotopic (exact) mass is 340 g/mol. The Kier molecular flexibility index (Phi) is 5.87. The molecule has 3 nitrogen and oxygen atoms in total. The normalized spacial score (nSPS) is 20.7. The van der Waals surface area contributed by atoms with Crippen LogP contribution < -0.4 is 10.6 Å². The van der Waals surface area contributed by atoms with Crippen LogP contribution in [-0.2, 0) is 11.2 Å². The number of ether oxygens (including phenoxy) is 1. The topological polar surface area (TPSA) is 38.5 Å². The van der Waals surface area contributed by atoms with Crippen LogP contribution in [0.15, 0.2) is 22.7 Å². The minimum absolute atomic E-state index is 0.175. The van der Waals surface area contributed by atoms with Gasteiger partial charge in [0.05, 0.1) is 6.10 Å². The molecule has 1 aliphatic rings. The fourth-order valence-electron chi connectivity index (χ4n) is 2.77. The van der Waals surface area contributed by atoms with Gasteiger partial charge in [-0.15, -0.1) is 0 Å². The Bertz CT molecular complexity index is 430. The van der Waals surface area contributed by atoms with Gasteiger partial charge in [-0.25, -0.2) is 0 Å². The molecule has 0 saturated carbocycles. The summed E-state index contributed by atoms with van der Waals surface area (Å²) in [5.41, 5.74) is 8.52. The summed E-state index contributed by atoms with van der Waals surface area (Å²) in [6, 6.07) is 6.61. The van der Waals surface area contributed by atoms with E-state index in [0.29, 0.717) is 6.10 Å². The Morgan fingerprint density at radius 3 is 2.90 bits per heavy atom. The molecule has 1 aromatic rings. The first-order chi connectivity index (χ1) is 9.56. The van der Waals surface area contributed by atoms with Crippen LogP contribution in [0.3, 0.4) is 0 Å². The van der Waals surface area contributed by atoms with Crippen LogP contribution in [0.25, 0.3) is 0 Å². The first-order valence-electron chi connectivity index (χ1n) is 7.43. The highest BCUT2D eigenvalue weighted by Crippen LogP contribution is 2.26. The van der Waals surface area contributed by atoms with E-state index >= 15 is 0 Å². The molecule has 1 fully saturated rings. The van der Waals surface area contributed by atoms with Crippen molar-refractivity contribution in [3.05, 3.63) is 28.2 Å². The predicted octanol–water partition coefficient (Wildman–Crippen LogP) is 3.34. The molecule has 0 bridgehead atoms. The third kappa shape index (κ3) is 4.47. The maximum absolute atomic E-state index is 5.96. The first kappa shape index (κ1) is 15.8. The number of nitrogens with two attached hydrogens (primary N) is 1. The standard InChI is InChI=1S/C16H25BrN2O/c1-12(18)9-13-6-7-14(17)10-16(13)19(2)11-15-5-3-4-8-20-15/h6-7,10,12,15H,3-5,8-9,11,18H2,1-2H3. The van der Waals surface area contributed by atoms with Crippen LogP contribution in [0, 0.1) is 0 Å². The SMILES string of the molecule is CC(N)Cc1ccc(Br)cc1N(C)CC1CCCCO1. The van der Waals surface area contributed by atoms with Gasteiger partial charge in [0.15, 0.2) is 0 Å². The number of likely N-dealkylation sites (N-methyl/N-ethyl adjacent to an activating group) is 1. The lowest BCUT2D eigenvalue weighted by Gasteiger charge is -2.30. The molecule has 0 spiro atoms. The molecule has 2 N–H and O–H groups in total. The highest BCUT2D eigenvalue weighted by atomic mass is 79.9. The molecular formula is C16H25BrN2O. The van der Waals surface area contributed by atoms with E-state index in [1.165, 1.54) is 30.5 Å². The Morgan fingerprint density at radius 1 is 1.45 bits per heavy atom. The van der Waals surface area contributed by atoms with Crippen molar-refractivity contribution in [2.75, 3.05) is 25.1 Å². The second-order valence-electron chi connectivity index (χ2n) is 5.82. The number of anilines is 1. The van der Waals surface area contributed by atoms with Gasteiger partial charge in [-0.3, -0.25) is 0 Å². The molecule has 2 rings (SSSR count). The van der Waals surface area contributed by atoms with Gasteiger partial charge in [0.2, 0.25) is 0 Å². The Hall–Kier alpha value is -0.580. The van der Waals surface area contributed by atoms with Gasteiger partial charge in [-0.1, -0.05) is 22.0 Å². The van der Waals surface area contributed by atoms with E-state index in [2.05, 4.69) is 53.0 Å². The average Bonchev–Trinajstić information content (AvgIpc) is 2.41. The zero-order valence-electron chi connectivity index (χ0n) is 12.4. The lowest BCUT2D eigenvalue weighted by molar-refractivity contribution is 0.0216.